The SMILES string of the molecule is COc1ccc(C(=O)N2CCCCCC2)cc1S(=O)(=O)NC(C)C. The predicted molar refractivity (Wildman–Crippen MR) is 92.8 cm³/mol. The summed E-state index contributed by atoms with van der Waals surface area (Å²) < 4.78 is 32.7. The monoisotopic (exact) mass is 354 g/mol. The van der Waals surface area contributed by atoms with Crippen LogP contribution in [0.25, 0.3) is 0 Å². The van der Waals surface area contributed by atoms with E-state index in [0.29, 0.717) is 5.56 Å². The van der Waals surface area contributed by atoms with Crippen molar-refractivity contribution in [3.63, 3.8) is 0 Å². The summed E-state index contributed by atoms with van der Waals surface area (Å²) in [5.74, 6) is 0.108. The van der Waals surface area contributed by atoms with E-state index in [9.17, 15) is 13.2 Å². The molecule has 0 bridgehead atoms. The Balaban J connectivity index is 2.35. The van der Waals surface area contributed by atoms with Crippen molar-refractivity contribution in [3.8, 4) is 5.75 Å². The molecular formula is C17H26N2O4S. The Morgan fingerprint density at radius 3 is 2.33 bits per heavy atom. The Hall–Kier alpha value is -1.60. The van der Waals surface area contributed by atoms with Crippen molar-refractivity contribution in [2.45, 2.75) is 50.5 Å². The Labute approximate surface area is 144 Å². The van der Waals surface area contributed by atoms with Crippen LogP contribution in [0.3, 0.4) is 0 Å². The van der Waals surface area contributed by atoms with E-state index < -0.39 is 10.0 Å². The third kappa shape index (κ3) is 4.48. The van der Waals surface area contributed by atoms with Crippen LogP contribution < -0.4 is 9.46 Å². The van der Waals surface area contributed by atoms with Crippen LogP contribution in [0.4, 0.5) is 0 Å². The fraction of sp³-hybridized carbons (Fsp3) is 0.588. The number of carbonyl (C=O) groups is 1. The lowest BCUT2D eigenvalue weighted by Crippen LogP contribution is -2.33. The molecule has 1 aromatic rings. The smallest absolute Gasteiger partial charge is 0.253 e. The molecule has 0 atom stereocenters. The van der Waals surface area contributed by atoms with Gasteiger partial charge in [0, 0.05) is 24.7 Å². The zero-order valence-electron chi connectivity index (χ0n) is 14.5. The number of sulfonamides is 1. The number of hydrogen-bond donors (Lipinski definition) is 1. The van der Waals surface area contributed by atoms with Gasteiger partial charge in [-0.25, -0.2) is 13.1 Å². The first-order valence-corrected chi connectivity index (χ1v) is 9.83. The fourth-order valence-electron chi connectivity index (χ4n) is 2.85. The number of nitrogens with zero attached hydrogens (tertiary/aromatic N) is 1. The van der Waals surface area contributed by atoms with Crippen LogP contribution >= 0.6 is 0 Å². The minimum atomic E-state index is -3.74. The van der Waals surface area contributed by atoms with Crippen molar-refractivity contribution >= 4 is 15.9 Å². The highest BCUT2D eigenvalue weighted by Gasteiger charge is 2.24. The molecular weight excluding hydrogens is 328 g/mol. The van der Waals surface area contributed by atoms with Gasteiger partial charge in [0.25, 0.3) is 5.91 Å². The average Bonchev–Trinajstić information content (AvgIpc) is 2.81. The number of hydrogen-bond acceptors (Lipinski definition) is 4. The number of rotatable bonds is 5. The Bertz CT molecular complexity index is 678. The third-order valence-corrected chi connectivity index (χ3v) is 5.66. The topological polar surface area (TPSA) is 75.7 Å². The highest BCUT2D eigenvalue weighted by Crippen LogP contribution is 2.26. The quantitative estimate of drug-likeness (QED) is 0.881. The minimum absolute atomic E-state index is 0.000582. The molecule has 0 saturated carbocycles. The van der Waals surface area contributed by atoms with E-state index in [1.807, 2.05) is 0 Å². The Morgan fingerprint density at radius 1 is 1.17 bits per heavy atom. The second kappa shape index (κ2) is 7.98. The average molecular weight is 354 g/mol. The molecule has 1 aliphatic rings. The van der Waals surface area contributed by atoms with Gasteiger partial charge in [0.2, 0.25) is 10.0 Å². The van der Waals surface area contributed by atoms with E-state index >= 15 is 0 Å². The largest absolute Gasteiger partial charge is 0.495 e. The number of likely N-dealkylation sites (tertiary alicyclic amines) is 1. The standard InChI is InChI=1S/C17H26N2O4S/c1-13(2)18-24(21,22)16-12-14(8-9-15(16)23-3)17(20)19-10-6-4-5-7-11-19/h8-9,12-13,18H,4-7,10-11H2,1-3H3. The molecule has 1 fully saturated rings. The van der Waals surface area contributed by atoms with E-state index in [-0.39, 0.29) is 22.6 Å². The molecule has 2 rings (SSSR count). The Morgan fingerprint density at radius 2 is 1.79 bits per heavy atom. The van der Waals surface area contributed by atoms with Crippen molar-refractivity contribution in [2.24, 2.45) is 0 Å². The van der Waals surface area contributed by atoms with Crippen LogP contribution in [0, 0.1) is 0 Å². The van der Waals surface area contributed by atoms with Crippen LogP contribution in [-0.2, 0) is 10.0 Å². The van der Waals surface area contributed by atoms with Crippen molar-refractivity contribution in [1.29, 1.82) is 0 Å². The van der Waals surface area contributed by atoms with Crippen LogP contribution in [0.5, 0.6) is 5.75 Å². The van der Waals surface area contributed by atoms with E-state index in [0.717, 1.165) is 38.8 Å². The van der Waals surface area contributed by atoms with E-state index in [2.05, 4.69) is 4.72 Å². The zero-order valence-corrected chi connectivity index (χ0v) is 15.4. The zero-order chi connectivity index (χ0) is 17.7. The number of ether oxygens (including phenoxy) is 1. The molecule has 1 amide bonds. The molecule has 0 aromatic heterocycles. The van der Waals surface area contributed by atoms with E-state index in [1.54, 1.807) is 30.9 Å². The summed E-state index contributed by atoms with van der Waals surface area (Å²) >= 11 is 0. The van der Waals surface area contributed by atoms with Crippen LogP contribution in [0.15, 0.2) is 23.1 Å². The van der Waals surface area contributed by atoms with Gasteiger partial charge in [-0.1, -0.05) is 12.8 Å². The molecule has 1 saturated heterocycles. The molecule has 1 N–H and O–H groups in total. The molecule has 24 heavy (non-hydrogen) atoms. The fourth-order valence-corrected chi connectivity index (χ4v) is 4.30. The summed E-state index contributed by atoms with van der Waals surface area (Å²) in [6.45, 7) is 4.93. The highest BCUT2D eigenvalue weighted by atomic mass is 32.2. The van der Waals surface area contributed by atoms with Crippen LogP contribution in [-0.4, -0.2) is 45.5 Å². The van der Waals surface area contributed by atoms with Gasteiger partial charge in [-0.05, 0) is 44.9 Å². The second-order valence-corrected chi connectivity index (χ2v) is 8.03. The molecule has 0 aliphatic carbocycles. The van der Waals surface area contributed by atoms with Gasteiger partial charge in [-0.3, -0.25) is 4.79 Å². The molecule has 134 valence electrons. The van der Waals surface area contributed by atoms with Gasteiger partial charge >= 0.3 is 0 Å². The predicted octanol–water partition coefficient (Wildman–Crippen LogP) is 2.40. The summed E-state index contributed by atoms with van der Waals surface area (Å²) in [5.41, 5.74) is 0.377. The second-order valence-electron chi connectivity index (χ2n) is 6.35. The molecule has 0 radical (unpaired) electrons. The van der Waals surface area contributed by atoms with Gasteiger partial charge in [0.1, 0.15) is 10.6 Å². The summed E-state index contributed by atoms with van der Waals surface area (Å²) in [5, 5.41) is 0. The molecule has 6 nitrogen and oxygen atoms in total. The van der Waals surface area contributed by atoms with Crippen LogP contribution in [0.2, 0.25) is 0 Å². The summed E-state index contributed by atoms with van der Waals surface area (Å²) in [7, 11) is -2.33. The van der Waals surface area contributed by atoms with Crippen molar-refractivity contribution < 1.29 is 17.9 Å². The van der Waals surface area contributed by atoms with Crippen LogP contribution in [0.1, 0.15) is 49.9 Å². The summed E-state index contributed by atoms with van der Waals surface area (Å²) in [4.78, 5) is 14.5. The van der Waals surface area contributed by atoms with Gasteiger partial charge < -0.3 is 9.64 Å². The van der Waals surface area contributed by atoms with Gasteiger partial charge in [0.05, 0.1) is 7.11 Å². The number of amides is 1. The summed E-state index contributed by atoms with van der Waals surface area (Å²) in [6, 6.07) is 4.33. The third-order valence-electron chi connectivity index (χ3n) is 3.98. The number of benzene rings is 1. The maximum Gasteiger partial charge on any atom is 0.253 e. The maximum atomic E-state index is 12.7. The van der Waals surface area contributed by atoms with Crippen molar-refractivity contribution in [1.82, 2.24) is 9.62 Å². The molecule has 0 spiro atoms. The first-order chi connectivity index (χ1) is 11.3. The lowest BCUT2D eigenvalue weighted by Gasteiger charge is -2.21. The van der Waals surface area contributed by atoms with E-state index in [4.69, 9.17) is 4.74 Å². The molecule has 1 aliphatic heterocycles. The molecule has 0 unspecified atom stereocenters. The van der Waals surface area contributed by atoms with Gasteiger partial charge in [-0.2, -0.15) is 0 Å². The highest BCUT2D eigenvalue weighted by molar-refractivity contribution is 7.89. The first kappa shape index (κ1) is 18.7. The number of nitrogens with one attached hydrogen (secondary N) is 1. The van der Waals surface area contributed by atoms with Gasteiger partial charge in [0.15, 0.2) is 0 Å². The lowest BCUT2D eigenvalue weighted by atomic mass is 10.2. The number of methoxy groups -OCH3 is 1. The van der Waals surface area contributed by atoms with E-state index in [1.165, 1.54) is 13.2 Å². The number of carbonyl (C=O) groups excluding carboxylic acids is 1. The summed E-state index contributed by atoms with van der Waals surface area (Å²) in [6.07, 6.45) is 4.23. The first-order valence-electron chi connectivity index (χ1n) is 8.35. The molecule has 1 aromatic carbocycles. The minimum Gasteiger partial charge on any atom is -0.495 e. The molecule has 7 heteroatoms. The molecule has 1 heterocycles. The lowest BCUT2D eigenvalue weighted by molar-refractivity contribution is 0.0761. The Kier molecular flexibility index (Phi) is 6.23. The maximum absolute atomic E-state index is 12.7. The van der Waals surface area contributed by atoms with Crippen molar-refractivity contribution in [3.05, 3.63) is 23.8 Å². The normalized spacial score (nSPS) is 16.1. The van der Waals surface area contributed by atoms with Crippen molar-refractivity contribution in [2.75, 3.05) is 20.2 Å². The van der Waals surface area contributed by atoms with Gasteiger partial charge in [-0.15, -0.1) is 0 Å².